The van der Waals surface area contributed by atoms with Crippen LogP contribution in [0.15, 0.2) is 66.7 Å². The van der Waals surface area contributed by atoms with Crippen molar-refractivity contribution in [3.63, 3.8) is 0 Å². The number of rotatable bonds is 4. The highest BCUT2D eigenvalue weighted by molar-refractivity contribution is 5.90. The molecule has 1 atom stereocenters. The average molecular weight is 288 g/mol. The van der Waals surface area contributed by atoms with Crippen molar-refractivity contribution in [2.45, 2.75) is 26.2 Å². The molecule has 0 heterocycles. The SMILES string of the molecule is Cc1ccc2cc(C(C)C(=O)Cc3ccccc3)ccc2c1. The summed E-state index contributed by atoms with van der Waals surface area (Å²) < 4.78 is 0. The summed E-state index contributed by atoms with van der Waals surface area (Å²) >= 11 is 0. The van der Waals surface area contributed by atoms with Crippen molar-refractivity contribution in [3.8, 4) is 0 Å². The van der Waals surface area contributed by atoms with Gasteiger partial charge in [0.15, 0.2) is 0 Å². The predicted octanol–water partition coefficient (Wildman–Crippen LogP) is 5.06. The molecular weight excluding hydrogens is 268 g/mol. The van der Waals surface area contributed by atoms with Gasteiger partial charge in [0, 0.05) is 12.3 Å². The molecule has 0 radical (unpaired) electrons. The Morgan fingerprint density at radius 3 is 2.36 bits per heavy atom. The highest BCUT2D eigenvalue weighted by atomic mass is 16.1. The largest absolute Gasteiger partial charge is 0.299 e. The Morgan fingerprint density at radius 2 is 1.59 bits per heavy atom. The summed E-state index contributed by atoms with van der Waals surface area (Å²) in [6.45, 7) is 4.10. The lowest BCUT2D eigenvalue weighted by atomic mass is 9.91. The number of aryl methyl sites for hydroxylation is 1. The molecule has 1 heteroatoms. The van der Waals surface area contributed by atoms with Crippen molar-refractivity contribution in [2.24, 2.45) is 0 Å². The molecule has 0 saturated carbocycles. The number of hydrogen-bond acceptors (Lipinski definition) is 1. The van der Waals surface area contributed by atoms with Crippen LogP contribution in [0.1, 0.15) is 29.5 Å². The van der Waals surface area contributed by atoms with Crippen molar-refractivity contribution in [3.05, 3.63) is 83.4 Å². The fraction of sp³-hybridized carbons (Fsp3) is 0.190. The Bertz CT molecular complexity index is 803. The van der Waals surface area contributed by atoms with Crippen LogP contribution >= 0.6 is 0 Å². The summed E-state index contributed by atoms with van der Waals surface area (Å²) in [4.78, 5) is 12.5. The molecule has 3 aromatic carbocycles. The van der Waals surface area contributed by atoms with Crippen molar-refractivity contribution >= 4 is 16.6 Å². The molecule has 0 saturated heterocycles. The van der Waals surface area contributed by atoms with E-state index in [2.05, 4.69) is 43.3 Å². The number of carbonyl (C=O) groups is 1. The van der Waals surface area contributed by atoms with E-state index in [4.69, 9.17) is 0 Å². The Morgan fingerprint density at radius 1 is 0.909 bits per heavy atom. The van der Waals surface area contributed by atoms with Crippen LogP contribution in [0.3, 0.4) is 0 Å². The number of carbonyl (C=O) groups excluding carboxylic acids is 1. The number of ketones is 1. The van der Waals surface area contributed by atoms with Crippen molar-refractivity contribution in [1.29, 1.82) is 0 Å². The molecule has 0 amide bonds. The zero-order valence-electron chi connectivity index (χ0n) is 13.0. The number of fused-ring (bicyclic) bond motifs is 1. The topological polar surface area (TPSA) is 17.1 Å². The quantitative estimate of drug-likeness (QED) is 0.655. The fourth-order valence-corrected chi connectivity index (χ4v) is 2.79. The van der Waals surface area contributed by atoms with Crippen LogP contribution in [0, 0.1) is 6.92 Å². The first-order chi connectivity index (χ1) is 10.6. The first-order valence-corrected chi connectivity index (χ1v) is 7.70. The van der Waals surface area contributed by atoms with Gasteiger partial charge >= 0.3 is 0 Å². The molecule has 3 rings (SSSR count). The summed E-state index contributed by atoms with van der Waals surface area (Å²) in [6.07, 6.45) is 0.494. The molecule has 0 aliphatic heterocycles. The van der Waals surface area contributed by atoms with E-state index in [1.54, 1.807) is 0 Å². The first-order valence-electron chi connectivity index (χ1n) is 7.70. The van der Waals surface area contributed by atoms with Gasteiger partial charge in [-0.3, -0.25) is 4.79 Å². The van der Waals surface area contributed by atoms with Gasteiger partial charge in [-0.05, 0) is 28.8 Å². The van der Waals surface area contributed by atoms with Gasteiger partial charge in [0.1, 0.15) is 5.78 Å². The molecule has 0 aromatic heterocycles. The van der Waals surface area contributed by atoms with Gasteiger partial charge in [-0.15, -0.1) is 0 Å². The second-order valence-electron chi connectivity index (χ2n) is 5.96. The van der Waals surface area contributed by atoms with Crippen molar-refractivity contribution < 1.29 is 4.79 Å². The van der Waals surface area contributed by atoms with Gasteiger partial charge in [-0.25, -0.2) is 0 Å². The first kappa shape index (κ1) is 14.5. The van der Waals surface area contributed by atoms with Crippen LogP contribution in [0.25, 0.3) is 10.8 Å². The maximum Gasteiger partial charge on any atom is 0.144 e. The number of benzene rings is 3. The van der Waals surface area contributed by atoms with Crippen LogP contribution < -0.4 is 0 Å². The standard InChI is InChI=1S/C21H20O/c1-15-8-9-20-14-18(10-11-19(20)12-15)16(2)21(22)13-17-6-4-3-5-7-17/h3-12,14,16H,13H2,1-2H3. The lowest BCUT2D eigenvalue weighted by Crippen LogP contribution is -2.12. The Kier molecular flexibility index (Phi) is 4.06. The van der Waals surface area contributed by atoms with E-state index >= 15 is 0 Å². The van der Waals surface area contributed by atoms with E-state index in [0.717, 1.165) is 11.1 Å². The number of Topliss-reactive ketones (excluding diaryl/α,β-unsaturated/α-hetero) is 1. The van der Waals surface area contributed by atoms with Gasteiger partial charge in [0.2, 0.25) is 0 Å². The monoisotopic (exact) mass is 288 g/mol. The Hall–Kier alpha value is -2.41. The molecule has 0 spiro atoms. The maximum atomic E-state index is 12.5. The molecule has 0 aliphatic carbocycles. The molecule has 1 nitrogen and oxygen atoms in total. The lowest BCUT2D eigenvalue weighted by molar-refractivity contribution is -0.119. The summed E-state index contributed by atoms with van der Waals surface area (Å²) in [5, 5.41) is 2.42. The van der Waals surface area contributed by atoms with Crippen LogP contribution in [0.5, 0.6) is 0 Å². The molecule has 0 fully saturated rings. The zero-order chi connectivity index (χ0) is 15.5. The molecule has 22 heavy (non-hydrogen) atoms. The fourth-order valence-electron chi connectivity index (χ4n) is 2.79. The molecule has 0 bridgehead atoms. The normalized spacial score (nSPS) is 12.3. The minimum absolute atomic E-state index is 0.0779. The Labute approximate surface area is 131 Å². The van der Waals surface area contributed by atoms with E-state index < -0.39 is 0 Å². The van der Waals surface area contributed by atoms with E-state index in [0.29, 0.717) is 6.42 Å². The van der Waals surface area contributed by atoms with Gasteiger partial charge in [0.05, 0.1) is 0 Å². The minimum atomic E-state index is -0.0779. The minimum Gasteiger partial charge on any atom is -0.299 e. The van der Waals surface area contributed by atoms with E-state index in [-0.39, 0.29) is 11.7 Å². The van der Waals surface area contributed by atoms with Crippen LogP contribution in [-0.4, -0.2) is 5.78 Å². The van der Waals surface area contributed by atoms with Crippen LogP contribution in [0.2, 0.25) is 0 Å². The second kappa shape index (κ2) is 6.15. The molecule has 110 valence electrons. The van der Waals surface area contributed by atoms with Gasteiger partial charge < -0.3 is 0 Å². The van der Waals surface area contributed by atoms with Crippen LogP contribution in [-0.2, 0) is 11.2 Å². The summed E-state index contributed by atoms with van der Waals surface area (Å²) in [7, 11) is 0. The third-order valence-corrected chi connectivity index (χ3v) is 4.22. The maximum absolute atomic E-state index is 12.5. The van der Waals surface area contributed by atoms with Gasteiger partial charge in [0.25, 0.3) is 0 Å². The Balaban J connectivity index is 1.83. The van der Waals surface area contributed by atoms with Gasteiger partial charge in [-0.1, -0.05) is 79.2 Å². The molecule has 0 aliphatic rings. The zero-order valence-corrected chi connectivity index (χ0v) is 13.0. The second-order valence-corrected chi connectivity index (χ2v) is 5.96. The third kappa shape index (κ3) is 3.09. The molecule has 0 N–H and O–H groups in total. The molecular formula is C21H20O. The summed E-state index contributed by atoms with van der Waals surface area (Å²) in [5.74, 6) is 0.184. The van der Waals surface area contributed by atoms with Crippen LogP contribution in [0.4, 0.5) is 0 Å². The highest BCUT2D eigenvalue weighted by Gasteiger charge is 2.15. The van der Waals surface area contributed by atoms with E-state index in [9.17, 15) is 4.79 Å². The predicted molar refractivity (Wildman–Crippen MR) is 92.3 cm³/mol. The van der Waals surface area contributed by atoms with E-state index in [1.807, 2.05) is 37.3 Å². The molecule has 1 unspecified atom stereocenters. The smallest absolute Gasteiger partial charge is 0.144 e. The lowest BCUT2D eigenvalue weighted by Gasteiger charge is -2.12. The summed E-state index contributed by atoms with van der Waals surface area (Å²) in [5.41, 5.74) is 3.43. The molecule has 3 aromatic rings. The van der Waals surface area contributed by atoms with E-state index in [1.165, 1.54) is 16.3 Å². The third-order valence-electron chi connectivity index (χ3n) is 4.22. The average Bonchev–Trinajstić information content (AvgIpc) is 2.54. The van der Waals surface area contributed by atoms with Crippen molar-refractivity contribution in [2.75, 3.05) is 0 Å². The summed E-state index contributed by atoms with van der Waals surface area (Å²) in [6, 6.07) is 22.7. The van der Waals surface area contributed by atoms with Gasteiger partial charge in [-0.2, -0.15) is 0 Å². The number of hydrogen-bond donors (Lipinski definition) is 0. The highest BCUT2D eigenvalue weighted by Crippen LogP contribution is 2.24. The van der Waals surface area contributed by atoms with Crippen molar-refractivity contribution in [1.82, 2.24) is 0 Å².